The van der Waals surface area contributed by atoms with Gasteiger partial charge in [0, 0.05) is 12.1 Å². The van der Waals surface area contributed by atoms with Crippen molar-refractivity contribution >= 4 is 17.9 Å². The molecule has 1 amide bonds. The van der Waals surface area contributed by atoms with Gasteiger partial charge in [0.2, 0.25) is 0 Å². The lowest BCUT2D eigenvalue weighted by Crippen LogP contribution is -2.36. The number of methoxy groups -OCH3 is 1. The topological polar surface area (TPSA) is 81.6 Å². The van der Waals surface area contributed by atoms with Crippen LogP contribution >= 0.6 is 0 Å². The van der Waals surface area contributed by atoms with E-state index in [0.29, 0.717) is 18.8 Å². The van der Waals surface area contributed by atoms with Gasteiger partial charge in [-0.05, 0) is 33.3 Å². The maximum Gasteiger partial charge on any atom is 0.416 e. The Hall–Kier alpha value is -2.18. The molecule has 20 heavy (non-hydrogen) atoms. The predicted molar refractivity (Wildman–Crippen MR) is 70.7 cm³/mol. The van der Waals surface area contributed by atoms with Crippen LogP contribution in [-0.4, -0.2) is 41.5 Å². The molecule has 2 heterocycles. The number of carbonyl (C=O) groups is 2. The van der Waals surface area contributed by atoms with E-state index in [1.165, 1.54) is 12.0 Å². The van der Waals surface area contributed by atoms with E-state index in [2.05, 4.69) is 14.9 Å². The maximum absolute atomic E-state index is 12.0. The van der Waals surface area contributed by atoms with Gasteiger partial charge in [0.25, 0.3) is 0 Å². The summed E-state index contributed by atoms with van der Waals surface area (Å²) in [5.41, 5.74) is 0.350. The molecule has 0 aliphatic carbocycles. The number of hydrogen-bond donors (Lipinski definition) is 0. The molecule has 1 aliphatic rings. The lowest BCUT2D eigenvalue weighted by atomic mass is 10.2. The summed E-state index contributed by atoms with van der Waals surface area (Å²) in [5.74, 6) is -0.108. The highest BCUT2D eigenvalue weighted by Gasteiger charge is 2.31. The fourth-order valence-electron chi connectivity index (χ4n) is 1.87. The van der Waals surface area contributed by atoms with Crippen molar-refractivity contribution in [3.8, 4) is 0 Å². The van der Waals surface area contributed by atoms with Crippen LogP contribution in [0.2, 0.25) is 0 Å². The van der Waals surface area contributed by atoms with Crippen molar-refractivity contribution in [3.63, 3.8) is 0 Å². The van der Waals surface area contributed by atoms with E-state index >= 15 is 0 Å². The van der Waals surface area contributed by atoms with E-state index in [4.69, 9.17) is 4.74 Å². The lowest BCUT2D eigenvalue weighted by molar-refractivity contribution is 0.0579. The highest BCUT2D eigenvalue weighted by molar-refractivity contribution is 5.91. The summed E-state index contributed by atoms with van der Waals surface area (Å²) >= 11 is 0. The van der Waals surface area contributed by atoms with Gasteiger partial charge in [-0.25, -0.2) is 9.59 Å². The molecular formula is C13H17N3O4. The van der Waals surface area contributed by atoms with Crippen molar-refractivity contribution in [1.29, 1.82) is 0 Å². The second-order valence-corrected chi connectivity index (χ2v) is 5.45. The van der Waals surface area contributed by atoms with E-state index in [9.17, 15) is 9.59 Å². The van der Waals surface area contributed by atoms with Gasteiger partial charge in [-0.3, -0.25) is 4.90 Å². The third-order valence-corrected chi connectivity index (χ3v) is 2.72. The number of rotatable bonds is 1. The second-order valence-electron chi connectivity index (χ2n) is 5.45. The monoisotopic (exact) mass is 279 g/mol. The first-order chi connectivity index (χ1) is 9.31. The normalized spacial score (nSPS) is 13.9. The van der Waals surface area contributed by atoms with Gasteiger partial charge in [0.05, 0.1) is 7.11 Å². The molecule has 0 saturated heterocycles. The Balaban J connectivity index is 2.21. The van der Waals surface area contributed by atoms with Crippen LogP contribution in [-0.2, 0) is 15.9 Å². The minimum atomic E-state index is -0.570. The Morgan fingerprint density at radius 3 is 2.60 bits per heavy atom. The molecule has 108 valence electrons. The minimum Gasteiger partial charge on any atom is -0.464 e. The Bertz CT molecular complexity index is 551. The molecule has 0 N–H and O–H groups in total. The smallest absolute Gasteiger partial charge is 0.416 e. The second kappa shape index (κ2) is 5.07. The number of amides is 1. The predicted octanol–water partition coefficient (Wildman–Crippen LogP) is 1.56. The number of anilines is 1. The largest absolute Gasteiger partial charge is 0.464 e. The van der Waals surface area contributed by atoms with Crippen LogP contribution in [0, 0.1) is 0 Å². The van der Waals surface area contributed by atoms with Crippen LogP contribution in [0.15, 0.2) is 6.07 Å². The Labute approximate surface area is 116 Å². The molecule has 1 aromatic rings. The zero-order valence-electron chi connectivity index (χ0n) is 12.0. The van der Waals surface area contributed by atoms with E-state index in [0.717, 1.165) is 5.56 Å². The number of esters is 1. The zero-order valence-corrected chi connectivity index (χ0v) is 12.0. The molecule has 7 heteroatoms. The summed E-state index contributed by atoms with van der Waals surface area (Å²) in [6, 6.07) is 1.60. The van der Waals surface area contributed by atoms with Crippen LogP contribution in [0.4, 0.5) is 10.6 Å². The number of aromatic nitrogens is 2. The van der Waals surface area contributed by atoms with E-state index in [-0.39, 0.29) is 5.69 Å². The first-order valence-electron chi connectivity index (χ1n) is 6.27. The van der Waals surface area contributed by atoms with Gasteiger partial charge in [-0.15, -0.1) is 10.2 Å². The van der Waals surface area contributed by atoms with Gasteiger partial charge >= 0.3 is 12.1 Å². The van der Waals surface area contributed by atoms with Crippen LogP contribution in [0.3, 0.4) is 0 Å². The van der Waals surface area contributed by atoms with E-state index < -0.39 is 17.7 Å². The molecule has 0 spiro atoms. The number of carbonyl (C=O) groups excluding carboxylic acids is 2. The summed E-state index contributed by atoms with van der Waals surface area (Å²) in [7, 11) is 1.28. The number of fused-ring (bicyclic) bond motifs is 1. The summed E-state index contributed by atoms with van der Waals surface area (Å²) in [6.07, 6.45) is 0.144. The molecule has 2 rings (SSSR count). The molecule has 0 bridgehead atoms. The average Bonchev–Trinajstić information content (AvgIpc) is 2.78. The van der Waals surface area contributed by atoms with Crippen molar-refractivity contribution in [2.24, 2.45) is 0 Å². The van der Waals surface area contributed by atoms with Gasteiger partial charge in [-0.1, -0.05) is 0 Å². The third-order valence-electron chi connectivity index (χ3n) is 2.72. The van der Waals surface area contributed by atoms with Crippen LogP contribution < -0.4 is 4.90 Å². The van der Waals surface area contributed by atoms with Crippen molar-refractivity contribution in [2.75, 3.05) is 18.6 Å². The molecule has 0 saturated carbocycles. The average molecular weight is 279 g/mol. The van der Waals surface area contributed by atoms with Crippen LogP contribution in [0.1, 0.15) is 36.8 Å². The molecule has 0 aromatic carbocycles. The summed E-state index contributed by atoms with van der Waals surface area (Å²) in [6.45, 7) is 5.86. The highest BCUT2D eigenvalue weighted by Crippen LogP contribution is 2.27. The SMILES string of the molecule is COC(=O)c1cc2c(nn1)N(C(=O)OC(C)(C)C)CC2. The molecule has 0 radical (unpaired) electrons. The number of ether oxygens (including phenoxy) is 2. The van der Waals surface area contributed by atoms with Crippen molar-refractivity contribution in [1.82, 2.24) is 10.2 Å². The molecule has 1 aromatic heterocycles. The lowest BCUT2D eigenvalue weighted by Gasteiger charge is -2.23. The maximum atomic E-state index is 12.0. The van der Waals surface area contributed by atoms with Gasteiger partial charge in [-0.2, -0.15) is 0 Å². The van der Waals surface area contributed by atoms with Crippen LogP contribution in [0.25, 0.3) is 0 Å². The van der Waals surface area contributed by atoms with E-state index in [1.54, 1.807) is 26.8 Å². The first-order valence-corrected chi connectivity index (χ1v) is 6.27. The fraction of sp³-hybridized carbons (Fsp3) is 0.538. The summed E-state index contributed by atoms with van der Waals surface area (Å²) in [4.78, 5) is 24.9. The standard InChI is InChI=1S/C13H17N3O4/c1-13(2,3)20-12(18)16-6-5-8-7-9(11(17)19-4)14-15-10(8)16/h7H,5-6H2,1-4H3. The Morgan fingerprint density at radius 1 is 1.30 bits per heavy atom. The van der Waals surface area contributed by atoms with Gasteiger partial charge < -0.3 is 9.47 Å². The van der Waals surface area contributed by atoms with Crippen molar-refractivity contribution in [3.05, 3.63) is 17.3 Å². The molecule has 0 unspecified atom stereocenters. The van der Waals surface area contributed by atoms with Gasteiger partial charge in [0.15, 0.2) is 11.5 Å². The Kier molecular flexibility index (Phi) is 3.61. The number of hydrogen-bond acceptors (Lipinski definition) is 6. The number of nitrogens with zero attached hydrogens (tertiary/aromatic N) is 3. The fourth-order valence-corrected chi connectivity index (χ4v) is 1.87. The minimum absolute atomic E-state index is 0.136. The molecule has 0 fully saturated rings. The summed E-state index contributed by atoms with van der Waals surface area (Å²) < 4.78 is 9.89. The van der Waals surface area contributed by atoms with Crippen LogP contribution in [0.5, 0.6) is 0 Å². The quantitative estimate of drug-likeness (QED) is 0.726. The highest BCUT2D eigenvalue weighted by atomic mass is 16.6. The molecule has 1 aliphatic heterocycles. The summed E-state index contributed by atoms with van der Waals surface area (Å²) in [5, 5.41) is 7.71. The Morgan fingerprint density at radius 2 is 2.00 bits per heavy atom. The van der Waals surface area contributed by atoms with E-state index in [1.807, 2.05) is 0 Å². The van der Waals surface area contributed by atoms with Gasteiger partial charge in [0.1, 0.15) is 5.60 Å². The molecule has 0 atom stereocenters. The first kappa shape index (κ1) is 14.2. The molecular weight excluding hydrogens is 262 g/mol. The van der Waals surface area contributed by atoms with Crippen molar-refractivity contribution < 1.29 is 19.1 Å². The third kappa shape index (κ3) is 2.87. The zero-order chi connectivity index (χ0) is 14.9. The van der Waals surface area contributed by atoms with Crippen molar-refractivity contribution in [2.45, 2.75) is 32.8 Å². The molecule has 7 nitrogen and oxygen atoms in total.